The molecule has 11 heteroatoms. The second-order valence-corrected chi connectivity index (χ2v) is 10.2. The van der Waals surface area contributed by atoms with E-state index in [1.807, 2.05) is 0 Å². The fourth-order valence-corrected chi connectivity index (χ4v) is 6.74. The largest absolute Gasteiger partial charge is 0.383 e. The highest BCUT2D eigenvalue weighted by molar-refractivity contribution is 7.94. The van der Waals surface area contributed by atoms with Crippen molar-refractivity contribution in [2.45, 2.75) is 8.42 Å². The maximum atomic E-state index is 12.7. The zero-order chi connectivity index (χ0) is 16.8. The van der Waals surface area contributed by atoms with Crippen LogP contribution in [0.5, 0.6) is 0 Å². The second-order valence-electron chi connectivity index (χ2n) is 5.34. The lowest BCUT2D eigenvalue weighted by Gasteiger charge is -2.38. The number of thiophene rings is 1. The van der Waals surface area contributed by atoms with Gasteiger partial charge >= 0.3 is 0 Å². The molecule has 1 saturated heterocycles. The average Bonchev–Trinajstić information content (AvgIpc) is 2.90. The van der Waals surface area contributed by atoms with Crippen LogP contribution in [-0.4, -0.2) is 65.9 Å². The van der Waals surface area contributed by atoms with E-state index in [2.05, 4.69) is 4.90 Å². The van der Waals surface area contributed by atoms with Crippen molar-refractivity contribution in [3.8, 4) is 0 Å². The van der Waals surface area contributed by atoms with Crippen LogP contribution in [0, 0.1) is 0 Å². The molecule has 0 aromatic carbocycles. The summed E-state index contributed by atoms with van der Waals surface area (Å²) in [6.45, 7) is 2.69. The maximum Gasteiger partial charge on any atom is 0.274 e. The van der Waals surface area contributed by atoms with Crippen molar-refractivity contribution in [1.29, 1.82) is 0 Å². The van der Waals surface area contributed by atoms with Crippen LogP contribution in [0.4, 0.5) is 0 Å². The molecule has 8 nitrogen and oxygen atoms in total. The van der Waals surface area contributed by atoms with Crippen LogP contribution in [0.3, 0.4) is 0 Å². The van der Waals surface area contributed by atoms with Crippen LogP contribution < -0.4 is 5.14 Å². The summed E-state index contributed by atoms with van der Waals surface area (Å²) in [5, 5.41) is 5.11. The van der Waals surface area contributed by atoms with Gasteiger partial charge in [0.1, 0.15) is 8.42 Å². The Labute approximate surface area is 139 Å². The Hall–Kier alpha value is -0.980. The average molecular weight is 379 g/mol. The van der Waals surface area contributed by atoms with Gasteiger partial charge in [0, 0.05) is 44.5 Å². The summed E-state index contributed by atoms with van der Waals surface area (Å²) in [7, 11) is -6.03. The molecular formula is C12H17N3O5S3. The number of nitrogens with zero attached hydrogens (tertiary/aromatic N) is 2. The number of methoxy groups -OCH3 is 1. The van der Waals surface area contributed by atoms with Gasteiger partial charge in [-0.2, -0.15) is 0 Å². The molecule has 3 rings (SSSR count). The Balaban J connectivity index is 2.00. The molecule has 2 aliphatic heterocycles. The van der Waals surface area contributed by atoms with Gasteiger partial charge in [0.25, 0.3) is 10.0 Å². The minimum atomic E-state index is -3.92. The highest BCUT2D eigenvalue weighted by Gasteiger charge is 2.38. The number of primary sulfonamides is 1. The van der Waals surface area contributed by atoms with Crippen LogP contribution in [-0.2, 0) is 24.8 Å². The zero-order valence-electron chi connectivity index (χ0n) is 12.4. The molecule has 0 saturated carbocycles. The lowest BCUT2D eigenvalue weighted by molar-refractivity contribution is 0.137. The summed E-state index contributed by atoms with van der Waals surface area (Å²) < 4.78 is 54.7. The molecule has 0 spiro atoms. The number of nitrogens with two attached hydrogens (primary N) is 1. The topological polar surface area (TPSA) is 110 Å². The van der Waals surface area contributed by atoms with Gasteiger partial charge in [0.2, 0.25) is 10.0 Å². The summed E-state index contributed by atoms with van der Waals surface area (Å²) in [6.07, 6.45) is 1.72. The normalized spacial score (nSPS) is 20.8. The van der Waals surface area contributed by atoms with Gasteiger partial charge in [-0.25, -0.2) is 22.0 Å². The number of ether oxygens (including phenoxy) is 1. The molecule has 1 aromatic rings. The van der Waals surface area contributed by atoms with E-state index < -0.39 is 20.0 Å². The van der Waals surface area contributed by atoms with Gasteiger partial charge in [0.15, 0.2) is 0 Å². The Bertz CT molecular complexity index is 857. The van der Waals surface area contributed by atoms with Crippen LogP contribution in [0.2, 0.25) is 0 Å². The molecule has 0 radical (unpaired) electrons. The number of sulfonamides is 2. The fraction of sp³-hybridized carbons (Fsp3) is 0.500. The van der Waals surface area contributed by atoms with E-state index in [4.69, 9.17) is 9.88 Å². The third kappa shape index (κ3) is 3.04. The van der Waals surface area contributed by atoms with Gasteiger partial charge in [-0.3, -0.25) is 9.21 Å². The second kappa shape index (κ2) is 5.83. The number of piperazine rings is 1. The molecule has 128 valence electrons. The third-order valence-electron chi connectivity index (χ3n) is 3.77. The molecule has 1 aromatic heterocycles. The third-order valence-corrected chi connectivity index (χ3v) is 8.72. The first-order valence-electron chi connectivity index (χ1n) is 6.85. The number of rotatable bonds is 4. The van der Waals surface area contributed by atoms with Crippen LogP contribution in [0.15, 0.2) is 20.2 Å². The van der Waals surface area contributed by atoms with E-state index in [1.165, 1.54) is 10.4 Å². The van der Waals surface area contributed by atoms with E-state index in [1.54, 1.807) is 13.2 Å². The molecule has 3 heterocycles. The molecule has 0 aliphatic carbocycles. The molecule has 23 heavy (non-hydrogen) atoms. The number of hydrogen-bond donors (Lipinski definition) is 1. The van der Waals surface area contributed by atoms with Gasteiger partial charge in [-0.1, -0.05) is 0 Å². The van der Waals surface area contributed by atoms with Crippen molar-refractivity contribution in [1.82, 2.24) is 9.21 Å². The van der Waals surface area contributed by atoms with Gasteiger partial charge < -0.3 is 4.74 Å². The molecule has 2 N–H and O–H groups in total. The molecule has 0 atom stereocenters. The predicted molar refractivity (Wildman–Crippen MR) is 85.9 cm³/mol. The summed E-state index contributed by atoms with van der Waals surface area (Å²) in [6, 6.07) is 1.32. The van der Waals surface area contributed by atoms with E-state index >= 15 is 0 Å². The Kier molecular flexibility index (Phi) is 4.27. The Morgan fingerprint density at radius 3 is 2.78 bits per heavy atom. The minimum Gasteiger partial charge on any atom is -0.383 e. The molecule has 0 amide bonds. The highest BCUT2D eigenvalue weighted by atomic mass is 32.3. The summed E-state index contributed by atoms with van der Waals surface area (Å²) in [5.41, 5.74) is 1.03. The predicted octanol–water partition coefficient (Wildman–Crippen LogP) is -0.297. The summed E-state index contributed by atoms with van der Waals surface area (Å²) in [5.74, 6) is 0. The van der Waals surface area contributed by atoms with Crippen LogP contribution in [0.25, 0.3) is 6.08 Å². The Morgan fingerprint density at radius 1 is 1.39 bits per heavy atom. The van der Waals surface area contributed by atoms with Gasteiger partial charge in [-0.15, -0.1) is 11.3 Å². The molecule has 2 aliphatic rings. The standard InChI is InChI=1S/C12H17N3O5S3/c1-20-5-4-14-2-3-15-10(8-14)6-9-7-11(22(13,16)17)21-12(9)23(15,18)19/h6-7H,2-5,8H2,1H3,(H2,13,16,17). The quantitative estimate of drug-likeness (QED) is 0.769. The summed E-state index contributed by atoms with van der Waals surface area (Å²) >= 11 is 0.699. The molecule has 1 fully saturated rings. The monoisotopic (exact) mass is 379 g/mol. The minimum absolute atomic E-state index is 0.0376. The molecular weight excluding hydrogens is 362 g/mol. The maximum absolute atomic E-state index is 12.7. The van der Waals surface area contributed by atoms with Crippen LogP contribution >= 0.6 is 11.3 Å². The number of hydrogen-bond acceptors (Lipinski definition) is 7. The Morgan fingerprint density at radius 2 is 2.13 bits per heavy atom. The van der Waals surface area contributed by atoms with Crippen LogP contribution in [0.1, 0.15) is 5.56 Å². The highest BCUT2D eigenvalue weighted by Crippen LogP contribution is 2.39. The van der Waals surface area contributed by atoms with E-state index in [-0.39, 0.29) is 8.42 Å². The number of fused-ring (bicyclic) bond motifs is 2. The van der Waals surface area contributed by atoms with E-state index in [0.717, 1.165) is 0 Å². The molecule has 0 bridgehead atoms. The van der Waals surface area contributed by atoms with Crippen molar-refractivity contribution in [3.63, 3.8) is 0 Å². The van der Waals surface area contributed by atoms with Gasteiger partial charge in [-0.05, 0) is 12.1 Å². The van der Waals surface area contributed by atoms with Crippen molar-refractivity contribution >= 4 is 37.5 Å². The fourth-order valence-electron chi connectivity index (χ4n) is 2.65. The lowest BCUT2D eigenvalue weighted by Crippen LogP contribution is -2.48. The first kappa shape index (κ1) is 16.9. The van der Waals surface area contributed by atoms with Crippen molar-refractivity contribution < 1.29 is 21.6 Å². The van der Waals surface area contributed by atoms with E-state index in [9.17, 15) is 16.8 Å². The van der Waals surface area contributed by atoms with E-state index in [0.29, 0.717) is 55.4 Å². The zero-order valence-corrected chi connectivity index (χ0v) is 14.9. The van der Waals surface area contributed by atoms with Crippen molar-refractivity contribution in [2.24, 2.45) is 5.14 Å². The SMILES string of the molecule is COCCN1CCN2C(=Cc3cc(S(N)(=O)=O)sc3S2(=O)=O)C1. The van der Waals surface area contributed by atoms with Crippen molar-refractivity contribution in [2.75, 3.05) is 39.9 Å². The lowest BCUT2D eigenvalue weighted by atomic mass is 10.2. The first-order chi connectivity index (χ1) is 10.7. The summed E-state index contributed by atoms with van der Waals surface area (Å²) in [4.78, 5) is 2.10. The first-order valence-corrected chi connectivity index (χ1v) is 10.6. The smallest absolute Gasteiger partial charge is 0.274 e. The van der Waals surface area contributed by atoms with Crippen molar-refractivity contribution in [3.05, 3.63) is 17.3 Å². The van der Waals surface area contributed by atoms with Gasteiger partial charge in [0.05, 0.1) is 6.61 Å². The molecule has 0 unspecified atom stereocenters.